The van der Waals surface area contributed by atoms with Crippen molar-refractivity contribution in [3.63, 3.8) is 0 Å². The van der Waals surface area contributed by atoms with Gasteiger partial charge in [-0.05, 0) is 30.4 Å². The summed E-state index contributed by atoms with van der Waals surface area (Å²) >= 11 is 0. The maximum absolute atomic E-state index is 12.9. The van der Waals surface area contributed by atoms with E-state index in [0.717, 1.165) is 0 Å². The number of carboxylic acids is 2. The Bertz CT molecular complexity index is 1210. The van der Waals surface area contributed by atoms with Crippen LogP contribution in [0.1, 0.15) is 27.9 Å². The van der Waals surface area contributed by atoms with Crippen LogP contribution in [0.3, 0.4) is 0 Å². The fraction of sp³-hybridized carbons (Fsp3) is 0.250. The molecule has 0 saturated heterocycles. The lowest BCUT2D eigenvalue weighted by molar-refractivity contribution is -0.142. The normalized spacial score (nSPS) is 13.1. The Morgan fingerprint density at radius 2 is 1.74 bits per heavy atom. The molecule has 11 nitrogen and oxygen atoms in total. The van der Waals surface area contributed by atoms with Gasteiger partial charge in [-0.15, -0.1) is 0 Å². The van der Waals surface area contributed by atoms with Crippen molar-refractivity contribution in [2.24, 2.45) is 11.7 Å². The second kappa shape index (κ2) is 8.79. The second-order valence-corrected chi connectivity index (χ2v) is 7.08. The highest BCUT2D eigenvalue weighted by Gasteiger charge is 2.32. The van der Waals surface area contributed by atoms with Crippen LogP contribution in [-0.4, -0.2) is 48.9 Å². The van der Waals surface area contributed by atoms with Crippen LogP contribution in [0, 0.1) is 5.92 Å². The summed E-state index contributed by atoms with van der Waals surface area (Å²) in [6.07, 6.45) is 1.80. The summed E-state index contributed by atoms with van der Waals surface area (Å²) in [6.45, 7) is 0. The number of fused-ring (bicyclic) bond motifs is 1. The summed E-state index contributed by atoms with van der Waals surface area (Å²) in [5.74, 6) is -5.14. The molecule has 0 aliphatic carbocycles. The molecule has 8 N–H and O–H groups in total. The van der Waals surface area contributed by atoms with Crippen LogP contribution in [0.15, 0.2) is 35.3 Å². The summed E-state index contributed by atoms with van der Waals surface area (Å²) in [7, 11) is 0. The fourth-order valence-corrected chi connectivity index (χ4v) is 3.43. The van der Waals surface area contributed by atoms with Crippen molar-refractivity contribution in [1.82, 2.24) is 15.0 Å². The zero-order chi connectivity index (χ0) is 22.7. The molecule has 0 aliphatic rings. The number of carboxylic acid groups (broad SMARTS) is 2. The number of nitrogens with two attached hydrogens (primary N) is 2. The van der Waals surface area contributed by atoms with Gasteiger partial charge in [-0.3, -0.25) is 24.2 Å². The number of aryl methyl sites for hydroxylation is 2. The molecule has 0 spiro atoms. The third-order valence-electron chi connectivity index (χ3n) is 5.01. The molecule has 0 fully saturated rings. The number of Topliss-reactive ketones (excluding diaryl/α,β-unsaturated/α-hetero) is 1. The number of carbonyl (C=O) groups excluding carboxylic acids is 1. The molecular weight excluding hydrogens is 406 g/mol. The third-order valence-corrected chi connectivity index (χ3v) is 5.01. The van der Waals surface area contributed by atoms with Crippen molar-refractivity contribution in [3.05, 3.63) is 57.5 Å². The first-order valence-electron chi connectivity index (χ1n) is 9.38. The predicted molar refractivity (Wildman–Crippen MR) is 111 cm³/mol. The molecule has 2 aromatic heterocycles. The van der Waals surface area contributed by atoms with Gasteiger partial charge in [0.25, 0.3) is 5.56 Å². The standard InChI is InChI=1S/C20H21N5O6/c21-13(19(30)31)7-12(18(28)29)15(26)11-4-2-1-3-9(11)5-6-10-8-23-16-14(10)17(27)25-20(22)24-16/h1-4,8,12-13H,5-7,21H2,(H,28,29)(H,30,31)(H4,22,23,24,25,27)/t12?,13-/m0/s1. The predicted octanol–water partition coefficient (Wildman–Crippen LogP) is 0.304. The molecule has 1 aromatic carbocycles. The van der Waals surface area contributed by atoms with Gasteiger partial charge in [0, 0.05) is 11.8 Å². The molecule has 31 heavy (non-hydrogen) atoms. The van der Waals surface area contributed by atoms with Crippen molar-refractivity contribution in [2.45, 2.75) is 25.3 Å². The number of nitrogens with zero attached hydrogens (tertiary/aromatic N) is 1. The van der Waals surface area contributed by atoms with E-state index in [1.807, 2.05) is 0 Å². The van der Waals surface area contributed by atoms with Gasteiger partial charge in [0.15, 0.2) is 5.78 Å². The molecular formula is C20H21N5O6. The Balaban J connectivity index is 1.87. The van der Waals surface area contributed by atoms with E-state index in [-0.39, 0.29) is 11.5 Å². The number of hydrogen-bond acceptors (Lipinski definition) is 7. The highest BCUT2D eigenvalue weighted by atomic mass is 16.4. The summed E-state index contributed by atoms with van der Waals surface area (Å²) in [4.78, 5) is 57.1. The SMILES string of the molecule is Nc1nc2[nH]cc(CCc3ccccc3C(=O)C(C[C@H](N)C(=O)O)C(=O)O)c2c(=O)[nH]1. The number of nitrogens with one attached hydrogen (secondary N) is 2. The summed E-state index contributed by atoms with van der Waals surface area (Å²) in [6, 6.07) is 4.99. The topological polar surface area (TPSA) is 205 Å². The molecule has 1 unspecified atom stereocenters. The van der Waals surface area contributed by atoms with Crippen LogP contribution in [0.25, 0.3) is 11.0 Å². The van der Waals surface area contributed by atoms with E-state index < -0.39 is 41.7 Å². The molecule has 3 aromatic rings. The Labute approximate surface area is 175 Å². The molecule has 0 bridgehead atoms. The highest BCUT2D eigenvalue weighted by Crippen LogP contribution is 2.21. The number of H-pyrrole nitrogens is 2. The number of hydrogen-bond donors (Lipinski definition) is 6. The number of nitrogen functional groups attached to an aromatic ring is 1. The van der Waals surface area contributed by atoms with Crippen molar-refractivity contribution < 1.29 is 24.6 Å². The van der Waals surface area contributed by atoms with Crippen LogP contribution in [0.4, 0.5) is 5.95 Å². The molecule has 0 radical (unpaired) electrons. The number of aliphatic carboxylic acids is 2. The first-order chi connectivity index (χ1) is 14.7. The van der Waals surface area contributed by atoms with Crippen molar-refractivity contribution in [2.75, 3.05) is 5.73 Å². The Morgan fingerprint density at radius 1 is 1.06 bits per heavy atom. The fourth-order valence-electron chi connectivity index (χ4n) is 3.43. The van der Waals surface area contributed by atoms with E-state index in [9.17, 15) is 24.3 Å². The Hall–Kier alpha value is -3.99. The van der Waals surface area contributed by atoms with Crippen molar-refractivity contribution in [3.8, 4) is 0 Å². The van der Waals surface area contributed by atoms with Gasteiger partial charge in [-0.2, -0.15) is 4.98 Å². The number of anilines is 1. The van der Waals surface area contributed by atoms with Crippen molar-refractivity contribution >= 4 is 34.7 Å². The molecule has 162 valence electrons. The monoisotopic (exact) mass is 427 g/mol. The zero-order valence-corrected chi connectivity index (χ0v) is 16.3. The average molecular weight is 427 g/mol. The van der Waals surface area contributed by atoms with Gasteiger partial charge in [-0.1, -0.05) is 24.3 Å². The third kappa shape index (κ3) is 4.61. The smallest absolute Gasteiger partial charge is 0.320 e. The van der Waals surface area contributed by atoms with Crippen LogP contribution in [0.2, 0.25) is 0 Å². The number of aromatic nitrogens is 3. The quantitative estimate of drug-likeness (QED) is 0.205. The Kier molecular flexibility index (Phi) is 6.16. The summed E-state index contributed by atoms with van der Waals surface area (Å²) < 4.78 is 0. The van der Waals surface area contributed by atoms with Gasteiger partial charge < -0.3 is 26.7 Å². The van der Waals surface area contributed by atoms with Gasteiger partial charge >= 0.3 is 11.9 Å². The summed E-state index contributed by atoms with van der Waals surface area (Å²) in [5.41, 5.74) is 12.3. The van der Waals surface area contributed by atoms with Gasteiger partial charge in [0.2, 0.25) is 5.95 Å². The molecule has 0 saturated carbocycles. The lowest BCUT2D eigenvalue weighted by atomic mass is 9.88. The number of benzene rings is 1. The number of carbonyl (C=O) groups is 3. The van der Waals surface area contributed by atoms with Gasteiger partial charge in [-0.25, -0.2) is 0 Å². The van der Waals surface area contributed by atoms with Gasteiger partial charge in [0.1, 0.15) is 17.6 Å². The summed E-state index contributed by atoms with van der Waals surface area (Å²) in [5, 5.41) is 18.8. The Morgan fingerprint density at radius 3 is 2.42 bits per heavy atom. The van der Waals surface area contributed by atoms with Gasteiger partial charge in [0.05, 0.1) is 5.39 Å². The first kappa shape index (κ1) is 21.7. The van der Waals surface area contributed by atoms with Crippen molar-refractivity contribution in [1.29, 1.82) is 0 Å². The van der Waals surface area contributed by atoms with E-state index in [1.165, 1.54) is 6.07 Å². The molecule has 11 heteroatoms. The first-order valence-corrected chi connectivity index (χ1v) is 9.38. The number of rotatable bonds is 9. The van der Waals surface area contributed by atoms with Crippen LogP contribution in [-0.2, 0) is 22.4 Å². The largest absolute Gasteiger partial charge is 0.481 e. The van der Waals surface area contributed by atoms with E-state index in [0.29, 0.717) is 35.0 Å². The molecule has 2 heterocycles. The van der Waals surface area contributed by atoms with E-state index >= 15 is 0 Å². The highest BCUT2D eigenvalue weighted by molar-refractivity contribution is 6.09. The lowest BCUT2D eigenvalue weighted by Gasteiger charge is -2.16. The molecule has 2 atom stereocenters. The number of ketones is 1. The van der Waals surface area contributed by atoms with E-state index in [2.05, 4.69) is 15.0 Å². The minimum absolute atomic E-state index is 0.0128. The minimum atomic E-state index is -1.59. The zero-order valence-electron chi connectivity index (χ0n) is 16.3. The molecule has 3 rings (SSSR count). The minimum Gasteiger partial charge on any atom is -0.481 e. The van der Waals surface area contributed by atoms with Crippen LogP contribution >= 0.6 is 0 Å². The van der Waals surface area contributed by atoms with E-state index in [4.69, 9.17) is 16.6 Å². The number of aromatic amines is 2. The lowest BCUT2D eigenvalue weighted by Crippen LogP contribution is -2.37. The van der Waals surface area contributed by atoms with Crippen LogP contribution in [0.5, 0.6) is 0 Å². The average Bonchev–Trinajstić information content (AvgIpc) is 3.12. The second-order valence-electron chi connectivity index (χ2n) is 7.08. The molecule has 0 amide bonds. The van der Waals surface area contributed by atoms with Crippen LogP contribution < -0.4 is 17.0 Å². The maximum atomic E-state index is 12.9. The van der Waals surface area contributed by atoms with E-state index in [1.54, 1.807) is 24.4 Å². The maximum Gasteiger partial charge on any atom is 0.320 e. The molecule has 0 aliphatic heterocycles.